The summed E-state index contributed by atoms with van der Waals surface area (Å²) in [5, 5.41) is 7.90. The van der Waals surface area contributed by atoms with Crippen molar-refractivity contribution in [1.82, 2.24) is 15.1 Å². The molecule has 1 aromatic heterocycles. The second kappa shape index (κ2) is 6.91. The monoisotopic (exact) mass is 295 g/mol. The first-order valence-electron chi connectivity index (χ1n) is 7.43. The molecule has 0 spiro atoms. The molecule has 118 valence electrons. The molecule has 2 rings (SSSR count). The van der Waals surface area contributed by atoms with E-state index >= 15 is 0 Å². The average Bonchev–Trinajstić information content (AvgIpc) is 2.73. The Morgan fingerprint density at radius 1 is 1.57 bits per heavy atom. The number of carbonyl (C=O) groups is 1. The Kier molecular flexibility index (Phi) is 5.19. The topological polar surface area (TPSA) is 85.4 Å². The number of primary amides is 1. The van der Waals surface area contributed by atoms with Gasteiger partial charge in [-0.15, -0.1) is 0 Å². The number of nitrogens with two attached hydrogens (primary N) is 1. The molecule has 2 heterocycles. The van der Waals surface area contributed by atoms with Crippen molar-refractivity contribution >= 4 is 11.7 Å². The van der Waals surface area contributed by atoms with Crippen LogP contribution in [0.1, 0.15) is 24.6 Å². The van der Waals surface area contributed by atoms with E-state index in [0.717, 1.165) is 36.6 Å². The van der Waals surface area contributed by atoms with E-state index in [1.807, 2.05) is 23.6 Å². The van der Waals surface area contributed by atoms with Gasteiger partial charge in [0.1, 0.15) is 11.9 Å². The highest BCUT2D eigenvalue weighted by molar-refractivity contribution is 5.84. The molecule has 21 heavy (non-hydrogen) atoms. The molecule has 0 aliphatic carbocycles. The fourth-order valence-electron chi connectivity index (χ4n) is 2.74. The summed E-state index contributed by atoms with van der Waals surface area (Å²) < 4.78 is 7.23. The zero-order valence-corrected chi connectivity index (χ0v) is 13.1. The second-order valence-corrected chi connectivity index (χ2v) is 5.37. The summed E-state index contributed by atoms with van der Waals surface area (Å²) in [5.74, 6) is 0.601. The molecule has 1 aliphatic heterocycles. The molecule has 0 aromatic carbocycles. The van der Waals surface area contributed by atoms with Crippen LogP contribution in [0.25, 0.3) is 0 Å². The zero-order valence-electron chi connectivity index (χ0n) is 13.1. The lowest BCUT2D eigenvalue weighted by molar-refractivity contribution is -0.121. The molecule has 1 amide bonds. The van der Waals surface area contributed by atoms with E-state index < -0.39 is 6.04 Å². The van der Waals surface area contributed by atoms with E-state index in [-0.39, 0.29) is 5.91 Å². The summed E-state index contributed by atoms with van der Waals surface area (Å²) in [6.45, 7) is 7.40. The van der Waals surface area contributed by atoms with E-state index in [0.29, 0.717) is 19.8 Å². The number of anilines is 1. The third kappa shape index (κ3) is 3.36. The van der Waals surface area contributed by atoms with Gasteiger partial charge in [-0.05, 0) is 19.9 Å². The Morgan fingerprint density at radius 2 is 2.33 bits per heavy atom. The minimum atomic E-state index is -0.432. The maximum Gasteiger partial charge on any atom is 0.242 e. The van der Waals surface area contributed by atoms with Gasteiger partial charge in [0.05, 0.1) is 18.9 Å². The van der Waals surface area contributed by atoms with Crippen LogP contribution in [0.4, 0.5) is 5.82 Å². The first-order chi connectivity index (χ1) is 10.1. The van der Waals surface area contributed by atoms with Gasteiger partial charge < -0.3 is 20.7 Å². The van der Waals surface area contributed by atoms with Gasteiger partial charge >= 0.3 is 0 Å². The van der Waals surface area contributed by atoms with Gasteiger partial charge in [-0.25, -0.2) is 0 Å². The van der Waals surface area contributed by atoms with E-state index in [9.17, 15) is 4.79 Å². The van der Waals surface area contributed by atoms with Gasteiger partial charge in [-0.1, -0.05) is 6.92 Å². The molecule has 1 unspecified atom stereocenters. The molecule has 0 saturated carbocycles. The van der Waals surface area contributed by atoms with Crippen LogP contribution in [0.5, 0.6) is 0 Å². The van der Waals surface area contributed by atoms with Crippen LogP contribution < -0.4 is 16.0 Å². The summed E-state index contributed by atoms with van der Waals surface area (Å²) in [4.78, 5) is 13.7. The number of aryl methyl sites for hydroxylation is 2. The standard InChI is InChI=1S/C14H25N5O2/c1-4-5-16-8-11-10(2)17-18(3)14(11)19-6-7-21-9-12(19)13(15)20/h12,16H,4-9H2,1-3H3,(H2,15,20). The Bertz CT molecular complexity index is 500. The first-order valence-corrected chi connectivity index (χ1v) is 7.43. The normalized spacial score (nSPS) is 19.0. The van der Waals surface area contributed by atoms with Crippen molar-refractivity contribution in [1.29, 1.82) is 0 Å². The largest absolute Gasteiger partial charge is 0.377 e. The van der Waals surface area contributed by atoms with Gasteiger partial charge in [0.25, 0.3) is 0 Å². The fourth-order valence-corrected chi connectivity index (χ4v) is 2.74. The second-order valence-electron chi connectivity index (χ2n) is 5.37. The number of nitrogens with zero attached hydrogens (tertiary/aromatic N) is 3. The Hall–Kier alpha value is -1.60. The molecule has 1 saturated heterocycles. The van der Waals surface area contributed by atoms with Crippen molar-refractivity contribution in [3.8, 4) is 0 Å². The maximum atomic E-state index is 11.7. The molecule has 0 radical (unpaired) electrons. The van der Waals surface area contributed by atoms with Gasteiger partial charge in [0, 0.05) is 25.7 Å². The van der Waals surface area contributed by atoms with Gasteiger partial charge in [0.2, 0.25) is 5.91 Å². The third-order valence-electron chi connectivity index (χ3n) is 3.77. The van der Waals surface area contributed by atoms with Gasteiger partial charge in [-0.2, -0.15) is 5.10 Å². The number of hydrogen-bond donors (Lipinski definition) is 2. The molecular weight excluding hydrogens is 270 g/mol. The van der Waals surface area contributed by atoms with E-state index in [2.05, 4.69) is 17.3 Å². The summed E-state index contributed by atoms with van der Waals surface area (Å²) in [6.07, 6.45) is 1.08. The molecule has 1 atom stereocenters. The maximum absolute atomic E-state index is 11.7. The summed E-state index contributed by atoms with van der Waals surface area (Å²) in [5.41, 5.74) is 7.62. The van der Waals surface area contributed by atoms with Gasteiger partial charge in [-0.3, -0.25) is 9.48 Å². The smallest absolute Gasteiger partial charge is 0.242 e. The van der Waals surface area contributed by atoms with E-state index in [4.69, 9.17) is 10.5 Å². The van der Waals surface area contributed by atoms with Crippen LogP contribution >= 0.6 is 0 Å². The van der Waals surface area contributed by atoms with Crippen molar-refractivity contribution in [2.75, 3.05) is 31.2 Å². The lowest BCUT2D eigenvalue weighted by Crippen LogP contribution is -2.53. The van der Waals surface area contributed by atoms with Crippen LogP contribution in [-0.2, 0) is 23.1 Å². The molecule has 1 fully saturated rings. The van der Waals surface area contributed by atoms with Crippen LogP contribution in [-0.4, -0.2) is 48.0 Å². The number of hydrogen-bond acceptors (Lipinski definition) is 5. The number of carbonyl (C=O) groups excluding carboxylic acids is 1. The minimum Gasteiger partial charge on any atom is -0.377 e. The third-order valence-corrected chi connectivity index (χ3v) is 3.77. The SMILES string of the molecule is CCCNCc1c(C)nn(C)c1N1CCOCC1C(N)=O. The van der Waals surface area contributed by atoms with Crippen molar-refractivity contribution < 1.29 is 9.53 Å². The lowest BCUT2D eigenvalue weighted by atomic mass is 10.1. The van der Waals surface area contributed by atoms with Crippen molar-refractivity contribution in [3.63, 3.8) is 0 Å². The zero-order chi connectivity index (χ0) is 15.4. The van der Waals surface area contributed by atoms with Crippen LogP contribution in [0, 0.1) is 6.92 Å². The van der Waals surface area contributed by atoms with Crippen molar-refractivity contribution in [3.05, 3.63) is 11.3 Å². The van der Waals surface area contributed by atoms with Crippen molar-refractivity contribution in [2.24, 2.45) is 12.8 Å². The molecule has 0 bridgehead atoms. The quantitative estimate of drug-likeness (QED) is 0.717. The molecule has 1 aliphatic rings. The summed E-state index contributed by atoms with van der Waals surface area (Å²) in [6, 6.07) is -0.432. The predicted octanol–water partition coefficient (Wildman–Crippen LogP) is -0.0814. The number of rotatable bonds is 6. The first kappa shape index (κ1) is 15.8. The highest BCUT2D eigenvalue weighted by Gasteiger charge is 2.31. The fraction of sp³-hybridized carbons (Fsp3) is 0.714. The number of morpholine rings is 1. The highest BCUT2D eigenvalue weighted by atomic mass is 16.5. The summed E-state index contributed by atoms with van der Waals surface area (Å²) in [7, 11) is 1.90. The molecule has 3 N–H and O–H groups in total. The van der Waals surface area contributed by atoms with E-state index in [1.54, 1.807) is 0 Å². The van der Waals surface area contributed by atoms with Gasteiger partial charge in [0.15, 0.2) is 0 Å². The van der Waals surface area contributed by atoms with Crippen LogP contribution in [0.2, 0.25) is 0 Å². The lowest BCUT2D eigenvalue weighted by Gasteiger charge is -2.35. The molecule has 1 aromatic rings. The minimum absolute atomic E-state index is 0.335. The number of aromatic nitrogens is 2. The van der Waals surface area contributed by atoms with Crippen LogP contribution in [0.3, 0.4) is 0 Å². The Labute approximate surface area is 125 Å². The molecule has 7 nitrogen and oxygen atoms in total. The number of nitrogens with one attached hydrogen (secondary N) is 1. The van der Waals surface area contributed by atoms with E-state index in [1.165, 1.54) is 0 Å². The van der Waals surface area contributed by atoms with Crippen LogP contribution in [0.15, 0.2) is 0 Å². The predicted molar refractivity (Wildman–Crippen MR) is 81.1 cm³/mol. The number of amides is 1. The number of ether oxygens (including phenoxy) is 1. The average molecular weight is 295 g/mol. The van der Waals surface area contributed by atoms with Crippen molar-refractivity contribution in [2.45, 2.75) is 32.9 Å². The molecular formula is C14H25N5O2. The molecule has 7 heteroatoms. The Morgan fingerprint density at radius 3 is 3.00 bits per heavy atom. The summed E-state index contributed by atoms with van der Waals surface area (Å²) >= 11 is 0. The highest BCUT2D eigenvalue weighted by Crippen LogP contribution is 2.26. The Balaban J connectivity index is 2.30.